The van der Waals surface area contributed by atoms with Crippen LogP contribution in [0.15, 0.2) is 47.6 Å². The third-order valence-corrected chi connectivity index (χ3v) is 6.57. The predicted molar refractivity (Wildman–Crippen MR) is 120 cm³/mol. The van der Waals surface area contributed by atoms with E-state index in [0.29, 0.717) is 33.3 Å². The summed E-state index contributed by atoms with van der Waals surface area (Å²) in [5.74, 6) is 0.149. The molecule has 1 aromatic heterocycles. The number of nitrogens with one attached hydrogen (secondary N) is 1. The third-order valence-electron chi connectivity index (χ3n) is 4.79. The lowest BCUT2D eigenvalue weighted by Gasteiger charge is -2.15. The molecule has 1 N–H and O–H groups in total. The Morgan fingerprint density at radius 1 is 1.23 bits per heavy atom. The van der Waals surface area contributed by atoms with Crippen LogP contribution in [0.5, 0.6) is 0 Å². The number of nitrogens with zero attached hydrogens (tertiary/aromatic N) is 3. The first-order valence-corrected chi connectivity index (χ1v) is 11.4. The van der Waals surface area contributed by atoms with E-state index in [9.17, 15) is 9.18 Å². The molecule has 1 amide bonds. The molecule has 0 radical (unpaired) electrons. The van der Waals surface area contributed by atoms with Gasteiger partial charge in [-0.25, -0.2) is 4.39 Å². The van der Waals surface area contributed by atoms with Gasteiger partial charge in [0, 0.05) is 12.2 Å². The molecule has 1 aliphatic rings. The monoisotopic (exact) mass is 480 g/mol. The Bertz CT molecular complexity index is 1070. The number of ether oxygens (including phenoxy) is 1. The van der Waals surface area contributed by atoms with Crippen molar-refractivity contribution in [1.82, 2.24) is 14.8 Å². The van der Waals surface area contributed by atoms with Gasteiger partial charge in [-0.3, -0.25) is 9.36 Å². The van der Waals surface area contributed by atoms with Crippen LogP contribution in [0.4, 0.5) is 10.1 Å². The van der Waals surface area contributed by atoms with Crippen molar-refractivity contribution in [3.05, 3.63) is 58.3 Å². The first-order chi connectivity index (χ1) is 15.0. The Labute approximate surface area is 193 Å². The Balaban J connectivity index is 1.51. The van der Waals surface area contributed by atoms with Gasteiger partial charge in [-0.15, -0.1) is 10.2 Å². The summed E-state index contributed by atoms with van der Waals surface area (Å²) in [5.41, 5.74) is 1.20. The van der Waals surface area contributed by atoms with Crippen molar-refractivity contribution in [3.63, 3.8) is 0 Å². The fourth-order valence-corrected chi connectivity index (χ4v) is 4.38. The minimum Gasteiger partial charge on any atom is -0.376 e. The highest BCUT2D eigenvalue weighted by atomic mass is 35.5. The summed E-state index contributed by atoms with van der Waals surface area (Å²) in [4.78, 5) is 12.5. The normalized spacial score (nSPS) is 15.9. The van der Waals surface area contributed by atoms with Crippen LogP contribution in [0.25, 0.3) is 11.4 Å². The second-order valence-electron chi connectivity index (χ2n) is 7.00. The van der Waals surface area contributed by atoms with E-state index in [1.807, 2.05) is 4.57 Å². The van der Waals surface area contributed by atoms with E-state index in [-0.39, 0.29) is 23.6 Å². The van der Waals surface area contributed by atoms with Gasteiger partial charge >= 0.3 is 0 Å². The number of thioether (sulfide) groups is 1. The molecule has 0 saturated carbocycles. The van der Waals surface area contributed by atoms with Crippen LogP contribution in [-0.2, 0) is 16.1 Å². The maximum absolute atomic E-state index is 13.3. The molecule has 1 atom stereocenters. The van der Waals surface area contributed by atoms with Gasteiger partial charge in [0.2, 0.25) is 5.91 Å². The van der Waals surface area contributed by atoms with Gasteiger partial charge in [0.15, 0.2) is 11.0 Å². The lowest BCUT2D eigenvalue weighted by molar-refractivity contribution is -0.113. The van der Waals surface area contributed by atoms with E-state index in [4.69, 9.17) is 27.9 Å². The Kier molecular flexibility index (Phi) is 7.12. The van der Waals surface area contributed by atoms with E-state index in [1.165, 1.54) is 23.9 Å². The zero-order chi connectivity index (χ0) is 21.8. The zero-order valence-corrected chi connectivity index (χ0v) is 18.7. The second kappa shape index (κ2) is 9.99. The van der Waals surface area contributed by atoms with Gasteiger partial charge in [-0.1, -0.05) is 41.0 Å². The van der Waals surface area contributed by atoms with Crippen LogP contribution in [0.1, 0.15) is 12.8 Å². The van der Waals surface area contributed by atoms with Crippen molar-refractivity contribution in [2.24, 2.45) is 0 Å². The number of anilines is 1. The number of hydrogen-bond donors (Lipinski definition) is 1. The topological polar surface area (TPSA) is 69.0 Å². The van der Waals surface area contributed by atoms with Crippen molar-refractivity contribution in [2.45, 2.75) is 30.6 Å². The van der Waals surface area contributed by atoms with Crippen LogP contribution in [0.2, 0.25) is 10.0 Å². The number of amides is 1. The van der Waals surface area contributed by atoms with Gasteiger partial charge < -0.3 is 10.1 Å². The average molecular weight is 481 g/mol. The maximum atomic E-state index is 13.3. The number of halogens is 3. The van der Waals surface area contributed by atoms with Crippen LogP contribution >= 0.6 is 35.0 Å². The fraction of sp³-hybridized carbons (Fsp3) is 0.286. The molecule has 3 aromatic rings. The van der Waals surface area contributed by atoms with E-state index >= 15 is 0 Å². The molecule has 4 rings (SSSR count). The lowest BCUT2D eigenvalue weighted by atomic mass is 10.2. The highest BCUT2D eigenvalue weighted by molar-refractivity contribution is 7.99. The average Bonchev–Trinajstić information content (AvgIpc) is 3.41. The van der Waals surface area contributed by atoms with E-state index < -0.39 is 0 Å². The third kappa shape index (κ3) is 5.38. The summed E-state index contributed by atoms with van der Waals surface area (Å²) < 4.78 is 21.0. The molecule has 0 unspecified atom stereocenters. The largest absolute Gasteiger partial charge is 0.376 e. The standard InChI is InChI=1S/C21H19Cl2FN4O2S/c22-16-4-1-5-17(19(16)23)25-18(29)12-31-21-27-26-20(13-6-8-14(24)9-7-13)28(21)11-15-3-2-10-30-15/h1,4-9,15H,2-3,10-12H2,(H,25,29)/t15-/m1/s1. The van der Waals surface area contributed by atoms with E-state index in [2.05, 4.69) is 15.5 Å². The lowest BCUT2D eigenvalue weighted by Crippen LogP contribution is -2.18. The summed E-state index contributed by atoms with van der Waals surface area (Å²) >= 11 is 13.4. The predicted octanol–water partition coefficient (Wildman–Crippen LogP) is 5.30. The first-order valence-electron chi connectivity index (χ1n) is 9.68. The zero-order valence-electron chi connectivity index (χ0n) is 16.4. The molecule has 0 spiro atoms. The Morgan fingerprint density at radius 3 is 2.77 bits per heavy atom. The van der Waals surface area contributed by atoms with Crippen molar-refractivity contribution in [1.29, 1.82) is 0 Å². The molecule has 2 heterocycles. The number of rotatable bonds is 7. The molecule has 1 saturated heterocycles. The molecule has 0 aliphatic carbocycles. The molecule has 0 bridgehead atoms. The molecule has 1 aliphatic heterocycles. The summed E-state index contributed by atoms with van der Waals surface area (Å²) in [5, 5.41) is 12.6. The Hall–Kier alpha value is -2.13. The van der Waals surface area contributed by atoms with Crippen LogP contribution in [0, 0.1) is 5.82 Å². The molecular weight excluding hydrogens is 462 g/mol. The van der Waals surface area contributed by atoms with Crippen molar-refractivity contribution < 1.29 is 13.9 Å². The summed E-state index contributed by atoms with van der Waals surface area (Å²) in [6.07, 6.45) is 2.00. The van der Waals surface area contributed by atoms with Gasteiger partial charge in [0.05, 0.1) is 34.1 Å². The molecule has 6 nitrogen and oxygen atoms in total. The molecule has 162 valence electrons. The quantitative estimate of drug-likeness (QED) is 0.464. The minimum atomic E-state index is -0.320. The molecule has 31 heavy (non-hydrogen) atoms. The number of aromatic nitrogens is 3. The SMILES string of the molecule is O=C(CSc1nnc(-c2ccc(F)cc2)n1C[C@H]1CCCO1)Nc1cccc(Cl)c1Cl. The summed E-state index contributed by atoms with van der Waals surface area (Å²) in [7, 11) is 0. The number of carbonyl (C=O) groups is 1. The first kappa shape index (κ1) is 22.1. The van der Waals surface area contributed by atoms with Crippen molar-refractivity contribution in [2.75, 3.05) is 17.7 Å². The Morgan fingerprint density at radius 2 is 2.03 bits per heavy atom. The number of hydrogen-bond acceptors (Lipinski definition) is 5. The van der Waals surface area contributed by atoms with E-state index in [1.54, 1.807) is 30.3 Å². The van der Waals surface area contributed by atoms with Gasteiger partial charge in [-0.05, 0) is 49.2 Å². The number of benzene rings is 2. The molecule has 2 aromatic carbocycles. The highest BCUT2D eigenvalue weighted by Crippen LogP contribution is 2.30. The summed E-state index contributed by atoms with van der Waals surface area (Å²) in [6.45, 7) is 1.29. The smallest absolute Gasteiger partial charge is 0.234 e. The van der Waals surface area contributed by atoms with Crippen LogP contribution in [0.3, 0.4) is 0 Å². The van der Waals surface area contributed by atoms with Gasteiger partial charge in [0.25, 0.3) is 0 Å². The van der Waals surface area contributed by atoms with Crippen molar-refractivity contribution in [3.8, 4) is 11.4 Å². The van der Waals surface area contributed by atoms with Gasteiger partial charge in [-0.2, -0.15) is 0 Å². The summed E-state index contributed by atoms with van der Waals surface area (Å²) in [6, 6.07) is 11.1. The molecular formula is C21H19Cl2FN4O2S. The van der Waals surface area contributed by atoms with Crippen LogP contribution < -0.4 is 5.32 Å². The molecule has 1 fully saturated rings. The number of carbonyl (C=O) groups excluding carboxylic acids is 1. The molecule has 10 heteroatoms. The minimum absolute atomic E-state index is 0.0497. The van der Waals surface area contributed by atoms with Crippen molar-refractivity contribution >= 4 is 46.6 Å². The second-order valence-corrected chi connectivity index (χ2v) is 8.72. The highest BCUT2D eigenvalue weighted by Gasteiger charge is 2.22. The van der Waals surface area contributed by atoms with E-state index in [0.717, 1.165) is 25.0 Å². The fourth-order valence-electron chi connectivity index (χ4n) is 3.28. The van der Waals surface area contributed by atoms with Gasteiger partial charge in [0.1, 0.15) is 5.82 Å². The van der Waals surface area contributed by atoms with Crippen LogP contribution in [-0.4, -0.2) is 39.1 Å². The maximum Gasteiger partial charge on any atom is 0.234 e.